The molecule has 2 aromatic rings. The van der Waals surface area contributed by atoms with E-state index in [2.05, 4.69) is 15.0 Å². The van der Waals surface area contributed by atoms with Crippen LogP contribution in [-0.4, -0.2) is 82.8 Å². The van der Waals surface area contributed by atoms with Gasteiger partial charge in [-0.25, -0.2) is 19.3 Å². The molecule has 0 N–H and O–H groups in total. The molecule has 0 radical (unpaired) electrons. The summed E-state index contributed by atoms with van der Waals surface area (Å²) >= 11 is 0. The van der Waals surface area contributed by atoms with Gasteiger partial charge in [0.05, 0.1) is 30.2 Å². The van der Waals surface area contributed by atoms with Gasteiger partial charge in [0.15, 0.2) is 6.10 Å². The highest BCUT2D eigenvalue weighted by atomic mass is 19.1. The Bertz CT molecular complexity index is 1080. The first-order valence-electron chi connectivity index (χ1n) is 12.4. The highest BCUT2D eigenvalue weighted by molar-refractivity contribution is 5.98. The van der Waals surface area contributed by atoms with Gasteiger partial charge in [-0.3, -0.25) is 9.59 Å². The lowest BCUT2D eigenvalue weighted by atomic mass is 9.99. The molecule has 3 aliphatic rings. The fourth-order valence-electron chi connectivity index (χ4n) is 4.56. The number of alkyl halides is 1. The lowest BCUT2D eigenvalue weighted by Gasteiger charge is -2.39. The number of pyridine rings is 1. The lowest BCUT2D eigenvalue weighted by molar-refractivity contribution is -0.135. The molecular weight excluding hydrogens is 467 g/mol. The van der Waals surface area contributed by atoms with Crippen LogP contribution >= 0.6 is 0 Å². The van der Waals surface area contributed by atoms with E-state index in [4.69, 9.17) is 9.47 Å². The second kappa shape index (κ2) is 9.87. The van der Waals surface area contributed by atoms with Crippen molar-refractivity contribution in [2.75, 3.05) is 49.1 Å². The fourth-order valence-corrected chi connectivity index (χ4v) is 4.56. The minimum absolute atomic E-state index is 0.00935. The summed E-state index contributed by atoms with van der Waals surface area (Å²) in [5.74, 6) is 1.35. The van der Waals surface area contributed by atoms with Crippen LogP contribution in [0.3, 0.4) is 0 Å². The minimum Gasteiger partial charge on any atom is -0.479 e. The van der Waals surface area contributed by atoms with E-state index >= 15 is 0 Å². The summed E-state index contributed by atoms with van der Waals surface area (Å²) in [7, 11) is 0. The number of carbonyl (C=O) groups excluding carboxylic acids is 2. The van der Waals surface area contributed by atoms with Crippen LogP contribution in [-0.2, 0) is 9.59 Å². The SMILES string of the molecule is CC(C)(F)COc1ccc(O[C@@H]2CCN(c3cnc(N4CC(C(=O)N5CCCC5)C4)nc3)C2=O)cn1. The average Bonchev–Trinajstić information content (AvgIpc) is 3.49. The van der Waals surface area contributed by atoms with Crippen LogP contribution in [0.5, 0.6) is 11.6 Å². The molecule has 0 aromatic carbocycles. The zero-order valence-electron chi connectivity index (χ0n) is 20.6. The molecule has 10 nitrogen and oxygen atoms in total. The summed E-state index contributed by atoms with van der Waals surface area (Å²) in [5, 5.41) is 0. The van der Waals surface area contributed by atoms with Gasteiger partial charge in [0.2, 0.25) is 17.7 Å². The molecule has 0 saturated carbocycles. The second-order valence-corrected chi connectivity index (χ2v) is 10.1. The summed E-state index contributed by atoms with van der Waals surface area (Å²) in [6.45, 7) is 6.22. The predicted octanol–water partition coefficient (Wildman–Crippen LogP) is 2.24. The van der Waals surface area contributed by atoms with Gasteiger partial charge >= 0.3 is 0 Å². The Morgan fingerprint density at radius 3 is 2.44 bits per heavy atom. The number of likely N-dealkylation sites (tertiary alicyclic amines) is 1. The normalized spacial score (nSPS) is 20.6. The Labute approximate surface area is 209 Å². The predicted molar refractivity (Wildman–Crippen MR) is 130 cm³/mol. The van der Waals surface area contributed by atoms with Crippen molar-refractivity contribution in [3.63, 3.8) is 0 Å². The van der Waals surface area contributed by atoms with E-state index in [1.807, 2.05) is 9.80 Å². The number of carbonyl (C=O) groups is 2. The zero-order chi connectivity index (χ0) is 25.3. The van der Waals surface area contributed by atoms with Gasteiger partial charge in [-0.2, -0.15) is 0 Å². The summed E-state index contributed by atoms with van der Waals surface area (Å²) in [6, 6.07) is 3.24. The van der Waals surface area contributed by atoms with Gasteiger partial charge < -0.3 is 24.2 Å². The Balaban J connectivity index is 1.12. The maximum Gasteiger partial charge on any atom is 0.268 e. The van der Waals surface area contributed by atoms with E-state index in [9.17, 15) is 14.0 Å². The molecule has 0 aliphatic carbocycles. The van der Waals surface area contributed by atoms with Crippen molar-refractivity contribution in [2.45, 2.75) is 44.9 Å². The quantitative estimate of drug-likeness (QED) is 0.546. The molecule has 0 unspecified atom stereocenters. The Morgan fingerprint density at radius 1 is 1.08 bits per heavy atom. The highest BCUT2D eigenvalue weighted by Gasteiger charge is 2.38. The number of ether oxygens (including phenoxy) is 2. The van der Waals surface area contributed by atoms with E-state index < -0.39 is 11.8 Å². The summed E-state index contributed by atoms with van der Waals surface area (Å²) in [6.07, 6.45) is 6.79. The first-order valence-corrected chi connectivity index (χ1v) is 12.4. The third-order valence-corrected chi connectivity index (χ3v) is 6.57. The van der Waals surface area contributed by atoms with Crippen LogP contribution in [0, 0.1) is 5.92 Å². The van der Waals surface area contributed by atoms with Crippen LogP contribution in [0.25, 0.3) is 0 Å². The molecule has 2 amide bonds. The van der Waals surface area contributed by atoms with Crippen LogP contribution in [0.2, 0.25) is 0 Å². The number of hydrogen-bond acceptors (Lipinski definition) is 8. The van der Waals surface area contributed by atoms with Gasteiger partial charge in [0, 0.05) is 45.2 Å². The third kappa shape index (κ3) is 5.34. The van der Waals surface area contributed by atoms with Crippen molar-refractivity contribution < 1.29 is 23.5 Å². The molecule has 3 fully saturated rings. The van der Waals surface area contributed by atoms with Crippen molar-refractivity contribution >= 4 is 23.5 Å². The van der Waals surface area contributed by atoms with E-state index in [-0.39, 0.29) is 24.3 Å². The molecule has 192 valence electrons. The largest absolute Gasteiger partial charge is 0.479 e. The summed E-state index contributed by atoms with van der Waals surface area (Å²) in [5.41, 5.74) is -0.849. The maximum atomic E-state index is 13.6. The van der Waals surface area contributed by atoms with E-state index in [0.717, 1.165) is 25.9 Å². The molecule has 1 atom stereocenters. The van der Waals surface area contributed by atoms with Gasteiger partial charge in [0.1, 0.15) is 18.0 Å². The number of halogens is 1. The Hall–Kier alpha value is -3.50. The van der Waals surface area contributed by atoms with Gasteiger partial charge in [-0.15, -0.1) is 0 Å². The lowest BCUT2D eigenvalue weighted by Crippen LogP contribution is -2.54. The molecule has 0 spiro atoms. The molecule has 3 aliphatic heterocycles. The molecule has 36 heavy (non-hydrogen) atoms. The molecule has 0 bridgehead atoms. The van der Waals surface area contributed by atoms with Gasteiger partial charge in [-0.05, 0) is 32.8 Å². The number of amides is 2. The fraction of sp³-hybridized carbons (Fsp3) is 0.560. The topological polar surface area (TPSA) is 101 Å². The monoisotopic (exact) mass is 498 g/mol. The van der Waals surface area contributed by atoms with Crippen molar-refractivity contribution in [1.29, 1.82) is 0 Å². The molecular formula is C25H31FN6O4. The molecule has 3 saturated heterocycles. The van der Waals surface area contributed by atoms with E-state index in [1.165, 1.54) is 20.0 Å². The van der Waals surface area contributed by atoms with Crippen LogP contribution in [0.15, 0.2) is 30.7 Å². The van der Waals surface area contributed by atoms with Crippen LogP contribution in [0.4, 0.5) is 16.0 Å². The molecule has 5 rings (SSSR count). The number of hydrogen-bond donors (Lipinski definition) is 0. The third-order valence-electron chi connectivity index (χ3n) is 6.57. The number of aromatic nitrogens is 3. The van der Waals surface area contributed by atoms with Crippen LogP contribution in [0.1, 0.15) is 33.1 Å². The number of anilines is 2. The van der Waals surface area contributed by atoms with E-state index in [0.29, 0.717) is 49.3 Å². The first-order chi connectivity index (χ1) is 17.3. The van der Waals surface area contributed by atoms with Crippen molar-refractivity contribution in [1.82, 2.24) is 19.9 Å². The van der Waals surface area contributed by atoms with Crippen molar-refractivity contribution in [3.8, 4) is 11.6 Å². The maximum absolute atomic E-state index is 13.6. The summed E-state index contributed by atoms with van der Waals surface area (Å²) in [4.78, 5) is 43.9. The van der Waals surface area contributed by atoms with Gasteiger partial charge in [0.25, 0.3) is 5.91 Å². The molecule has 5 heterocycles. The standard InChI is InChI=1S/C25H31FN6O4/c1-25(2,26)16-35-21-6-5-19(13-27-21)36-20-7-10-32(23(20)34)18-11-28-24(29-12-18)31-14-17(15-31)22(33)30-8-3-4-9-30/h5-6,11-13,17,20H,3-4,7-10,14-16H2,1-2H3/t20-/m1/s1. The highest BCUT2D eigenvalue weighted by Crippen LogP contribution is 2.28. The first kappa shape index (κ1) is 24.2. The Kier molecular flexibility index (Phi) is 6.63. The number of nitrogens with zero attached hydrogens (tertiary/aromatic N) is 6. The number of rotatable bonds is 8. The van der Waals surface area contributed by atoms with Crippen molar-refractivity contribution in [2.24, 2.45) is 5.92 Å². The van der Waals surface area contributed by atoms with Crippen molar-refractivity contribution in [3.05, 3.63) is 30.7 Å². The summed E-state index contributed by atoms with van der Waals surface area (Å²) < 4.78 is 24.7. The molecule has 11 heteroatoms. The Morgan fingerprint density at radius 2 is 1.81 bits per heavy atom. The van der Waals surface area contributed by atoms with E-state index in [1.54, 1.807) is 29.4 Å². The van der Waals surface area contributed by atoms with Crippen LogP contribution < -0.4 is 19.3 Å². The zero-order valence-corrected chi connectivity index (χ0v) is 20.6. The second-order valence-electron chi connectivity index (χ2n) is 10.1. The van der Waals surface area contributed by atoms with Gasteiger partial charge in [-0.1, -0.05) is 0 Å². The minimum atomic E-state index is -1.46. The average molecular weight is 499 g/mol. The molecule has 2 aromatic heterocycles. The smallest absolute Gasteiger partial charge is 0.268 e.